The van der Waals surface area contributed by atoms with Crippen molar-refractivity contribution in [2.45, 2.75) is 19.3 Å². The van der Waals surface area contributed by atoms with Gasteiger partial charge in [0.2, 0.25) is 5.95 Å². The maximum atomic E-state index is 5.52. The zero-order valence-electron chi connectivity index (χ0n) is 35.9. The summed E-state index contributed by atoms with van der Waals surface area (Å²) in [6.45, 7) is 4.64. The molecule has 0 saturated heterocycles. The molecule has 0 atom stereocenters. The molecule has 0 N–H and O–H groups in total. The number of para-hydroxylation sites is 2. The largest absolute Gasteiger partial charge is 0.307 e. The maximum absolute atomic E-state index is 5.52. The lowest BCUT2D eigenvalue weighted by molar-refractivity contribution is 0.660. The lowest BCUT2D eigenvalue weighted by Gasteiger charge is -2.21. The second kappa shape index (κ2) is 14.3. The summed E-state index contributed by atoms with van der Waals surface area (Å²) >= 11 is 0. The molecule has 0 bridgehead atoms. The third-order valence-electron chi connectivity index (χ3n) is 13.6. The van der Waals surface area contributed by atoms with E-state index in [1.807, 2.05) is 0 Å². The van der Waals surface area contributed by atoms with Gasteiger partial charge in [-0.2, -0.15) is 9.97 Å². The van der Waals surface area contributed by atoms with Gasteiger partial charge in [0, 0.05) is 43.8 Å². The Labute approximate surface area is 376 Å². The average molecular weight is 832 g/mol. The lowest BCUT2D eigenvalue weighted by Crippen LogP contribution is -2.15. The third-order valence-corrected chi connectivity index (χ3v) is 13.6. The van der Waals surface area contributed by atoms with Crippen LogP contribution in [-0.4, -0.2) is 24.1 Å². The molecule has 0 unspecified atom stereocenters. The Hall–Kier alpha value is -8.41. The van der Waals surface area contributed by atoms with Crippen LogP contribution in [0.3, 0.4) is 0 Å². The lowest BCUT2D eigenvalue weighted by atomic mass is 9.82. The number of hydrogen-bond donors (Lipinski definition) is 0. The first kappa shape index (κ1) is 37.2. The van der Waals surface area contributed by atoms with Gasteiger partial charge in [-0.05, 0) is 80.9 Å². The second-order valence-corrected chi connectivity index (χ2v) is 17.6. The van der Waals surface area contributed by atoms with Crippen molar-refractivity contribution in [3.8, 4) is 67.8 Å². The van der Waals surface area contributed by atoms with Crippen molar-refractivity contribution in [1.29, 1.82) is 0 Å². The van der Waals surface area contributed by atoms with Gasteiger partial charge in [0.1, 0.15) is 0 Å². The van der Waals surface area contributed by atoms with E-state index < -0.39 is 0 Å². The minimum Gasteiger partial charge on any atom is -0.307 e. The summed E-state index contributed by atoms with van der Waals surface area (Å²) < 4.78 is 4.72. The molecule has 5 nitrogen and oxygen atoms in total. The van der Waals surface area contributed by atoms with Crippen LogP contribution >= 0.6 is 0 Å². The highest BCUT2D eigenvalue weighted by Crippen LogP contribution is 2.49. The van der Waals surface area contributed by atoms with Gasteiger partial charge in [0.05, 0.1) is 22.1 Å². The summed E-state index contributed by atoms with van der Waals surface area (Å²) in [5.41, 5.74) is 16.8. The van der Waals surface area contributed by atoms with Crippen LogP contribution in [0.5, 0.6) is 0 Å². The van der Waals surface area contributed by atoms with E-state index in [-0.39, 0.29) is 5.41 Å². The van der Waals surface area contributed by atoms with E-state index in [4.69, 9.17) is 15.0 Å². The summed E-state index contributed by atoms with van der Waals surface area (Å²) in [7, 11) is 0. The SMILES string of the molecule is CC1(C)c2ccccc2-c2ccc(-c3nc(-c4cccc(-c5ccccc5)c4)nc(-n4c5ccccc5c5ccc6c7ccccc7n(-c7cccc(-c8ccccc8)c7)c6c54)n3)cc21. The van der Waals surface area contributed by atoms with Crippen LogP contribution in [0.1, 0.15) is 25.0 Å². The van der Waals surface area contributed by atoms with Crippen molar-refractivity contribution in [3.05, 3.63) is 223 Å². The van der Waals surface area contributed by atoms with Crippen LogP contribution in [0.25, 0.3) is 111 Å². The molecule has 65 heavy (non-hydrogen) atoms. The summed E-state index contributed by atoms with van der Waals surface area (Å²) in [6, 6.07) is 76.0. The van der Waals surface area contributed by atoms with Crippen LogP contribution in [0.4, 0.5) is 0 Å². The van der Waals surface area contributed by atoms with Crippen LogP contribution in [-0.2, 0) is 5.41 Å². The second-order valence-electron chi connectivity index (χ2n) is 17.6. The number of benzene rings is 9. The zero-order valence-corrected chi connectivity index (χ0v) is 35.9. The highest BCUT2D eigenvalue weighted by atomic mass is 15.2. The molecule has 1 aliphatic rings. The Morgan fingerprint density at radius 2 is 0.846 bits per heavy atom. The minimum absolute atomic E-state index is 0.186. The first-order valence-corrected chi connectivity index (χ1v) is 22.3. The quantitative estimate of drug-likeness (QED) is 0.168. The molecule has 5 heteroatoms. The molecule has 1 aliphatic carbocycles. The van der Waals surface area contributed by atoms with Crippen LogP contribution in [0, 0.1) is 0 Å². The highest BCUT2D eigenvalue weighted by Gasteiger charge is 2.35. The molecule has 0 saturated carbocycles. The van der Waals surface area contributed by atoms with Crippen molar-refractivity contribution in [2.24, 2.45) is 0 Å². The van der Waals surface area contributed by atoms with Gasteiger partial charge in [-0.25, -0.2) is 4.98 Å². The normalized spacial score (nSPS) is 12.9. The van der Waals surface area contributed by atoms with Crippen molar-refractivity contribution in [3.63, 3.8) is 0 Å². The topological polar surface area (TPSA) is 48.5 Å². The summed E-state index contributed by atoms with van der Waals surface area (Å²) in [5, 5.41) is 4.60. The monoisotopic (exact) mass is 831 g/mol. The summed E-state index contributed by atoms with van der Waals surface area (Å²) in [6.07, 6.45) is 0. The van der Waals surface area contributed by atoms with E-state index in [0.717, 1.165) is 71.7 Å². The molecule has 306 valence electrons. The van der Waals surface area contributed by atoms with Gasteiger partial charge in [-0.3, -0.25) is 4.57 Å². The average Bonchev–Trinajstić information content (AvgIpc) is 3.97. The molecule has 0 aliphatic heterocycles. The standard InChI is InChI=1S/C60H41N5/c1-60(2)51-28-12-9-25-45(51)46-32-31-43(37-52(46)60)58-61-57(42-23-15-21-40(35-42)38-17-5-3-6-18-38)62-59(63-58)65-54-30-14-11-27-48(54)50-34-33-49-47-26-10-13-29-53(47)64(55(49)56(50)65)44-24-16-22-41(36-44)39-19-7-4-8-20-39/h3-37H,1-2H3. The first-order chi connectivity index (χ1) is 32.0. The predicted molar refractivity (Wildman–Crippen MR) is 268 cm³/mol. The van der Waals surface area contributed by atoms with Gasteiger partial charge in [-0.1, -0.05) is 190 Å². The molecular weight excluding hydrogens is 791 g/mol. The number of rotatable bonds is 6. The maximum Gasteiger partial charge on any atom is 0.238 e. The predicted octanol–water partition coefficient (Wildman–Crippen LogP) is 15.0. The number of hydrogen-bond acceptors (Lipinski definition) is 3. The molecule has 3 heterocycles. The van der Waals surface area contributed by atoms with E-state index in [0.29, 0.717) is 17.6 Å². The third kappa shape index (κ3) is 5.75. The fourth-order valence-electron chi connectivity index (χ4n) is 10.5. The van der Waals surface area contributed by atoms with E-state index in [2.05, 4.69) is 235 Å². The van der Waals surface area contributed by atoms with Crippen molar-refractivity contribution in [1.82, 2.24) is 24.1 Å². The zero-order chi connectivity index (χ0) is 43.2. The molecule has 0 radical (unpaired) electrons. The molecular formula is C60H41N5. The van der Waals surface area contributed by atoms with Crippen LogP contribution in [0.15, 0.2) is 212 Å². The van der Waals surface area contributed by atoms with Gasteiger partial charge >= 0.3 is 0 Å². The number of aromatic nitrogens is 5. The van der Waals surface area contributed by atoms with Gasteiger partial charge < -0.3 is 4.57 Å². The molecule has 13 rings (SSSR count). The minimum atomic E-state index is -0.186. The molecule has 0 spiro atoms. The highest BCUT2D eigenvalue weighted by molar-refractivity contribution is 6.23. The first-order valence-electron chi connectivity index (χ1n) is 22.3. The van der Waals surface area contributed by atoms with E-state index >= 15 is 0 Å². The molecule has 9 aromatic carbocycles. The van der Waals surface area contributed by atoms with Gasteiger partial charge in [0.15, 0.2) is 11.6 Å². The molecule has 12 aromatic rings. The van der Waals surface area contributed by atoms with E-state index in [1.54, 1.807) is 0 Å². The van der Waals surface area contributed by atoms with E-state index in [1.165, 1.54) is 33.2 Å². The Kier molecular flexibility index (Phi) is 8.18. The Balaban J connectivity index is 1.11. The van der Waals surface area contributed by atoms with Crippen LogP contribution in [0.2, 0.25) is 0 Å². The Morgan fingerprint density at radius 1 is 0.338 bits per heavy atom. The molecule has 0 fully saturated rings. The Bertz CT molecular complexity index is 3860. The Morgan fingerprint density at radius 3 is 1.54 bits per heavy atom. The molecule has 3 aromatic heterocycles. The van der Waals surface area contributed by atoms with E-state index in [9.17, 15) is 0 Å². The van der Waals surface area contributed by atoms with Crippen molar-refractivity contribution < 1.29 is 0 Å². The van der Waals surface area contributed by atoms with Crippen LogP contribution < -0.4 is 0 Å². The van der Waals surface area contributed by atoms with Gasteiger partial charge in [0.25, 0.3) is 0 Å². The number of fused-ring (bicyclic) bond motifs is 10. The smallest absolute Gasteiger partial charge is 0.238 e. The fourth-order valence-corrected chi connectivity index (χ4v) is 10.5. The van der Waals surface area contributed by atoms with Gasteiger partial charge in [-0.15, -0.1) is 0 Å². The van der Waals surface area contributed by atoms with Crippen molar-refractivity contribution >= 4 is 43.6 Å². The van der Waals surface area contributed by atoms with Crippen molar-refractivity contribution in [2.75, 3.05) is 0 Å². The fraction of sp³-hybridized carbons (Fsp3) is 0.0500. The summed E-state index contributed by atoms with van der Waals surface area (Å²) in [4.78, 5) is 16.4. The summed E-state index contributed by atoms with van der Waals surface area (Å²) in [5.74, 6) is 1.80. The number of nitrogens with zero attached hydrogens (tertiary/aromatic N) is 5. The molecule has 0 amide bonds.